The van der Waals surface area contributed by atoms with E-state index in [9.17, 15) is 8.42 Å². The topological polar surface area (TPSA) is 49.4 Å². The molecule has 6 heteroatoms. The highest BCUT2D eigenvalue weighted by molar-refractivity contribution is 7.88. The Balaban J connectivity index is 1.38. The van der Waals surface area contributed by atoms with Crippen LogP contribution in [0.5, 0.6) is 0 Å². The number of piperidine rings is 1. The second-order valence-electron chi connectivity index (χ2n) is 7.25. The summed E-state index contributed by atoms with van der Waals surface area (Å²) in [7, 11) is -3.31. The molecule has 1 saturated heterocycles. The quantitative estimate of drug-likeness (QED) is 0.726. The summed E-state index contributed by atoms with van der Waals surface area (Å²) in [6.07, 6.45) is 3.15. The van der Waals surface area contributed by atoms with Gasteiger partial charge in [-0.25, -0.2) is 13.1 Å². The summed E-state index contributed by atoms with van der Waals surface area (Å²) in [5.74, 6) is 0.415. The van der Waals surface area contributed by atoms with Crippen molar-refractivity contribution in [3.05, 3.63) is 70.7 Å². The van der Waals surface area contributed by atoms with Gasteiger partial charge < -0.3 is 4.90 Å². The Morgan fingerprint density at radius 2 is 1.63 bits per heavy atom. The van der Waals surface area contributed by atoms with E-state index in [1.807, 2.05) is 6.07 Å². The van der Waals surface area contributed by atoms with Gasteiger partial charge in [0.15, 0.2) is 0 Å². The second-order valence-corrected chi connectivity index (χ2v) is 9.50. The monoisotopic (exact) mass is 406 g/mol. The Labute approximate surface area is 167 Å². The Bertz CT molecular complexity index is 802. The maximum atomic E-state index is 12.3. The van der Waals surface area contributed by atoms with Crippen molar-refractivity contribution >= 4 is 21.6 Å². The van der Waals surface area contributed by atoms with Gasteiger partial charge in [-0.2, -0.15) is 0 Å². The van der Waals surface area contributed by atoms with Crippen LogP contribution < -0.4 is 4.72 Å². The lowest BCUT2D eigenvalue weighted by Gasteiger charge is -2.32. The van der Waals surface area contributed by atoms with Crippen LogP contribution >= 0.6 is 11.6 Å². The van der Waals surface area contributed by atoms with Gasteiger partial charge in [0, 0.05) is 18.1 Å². The number of hydrogen-bond acceptors (Lipinski definition) is 3. The summed E-state index contributed by atoms with van der Waals surface area (Å²) in [6.45, 7) is 3.67. The van der Waals surface area contributed by atoms with Gasteiger partial charge in [0.25, 0.3) is 0 Å². The minimum absolute atomic E-state index is 0.0000888. The number of sulfonamides is 1. The normalized spacial score (nSPS) is 16.5. The molecule has 0 radical (unpaired) electrons. The Morgan fingerprint density at radius 1 is 0.963 bits per heavy atom. The number of hydrogen-bond donors (Lipinski definition) is 1. The molecule has 0 saturated carbocycles. The van der Waals surface area contributed by atoms with Gasteiger partial charge in [-0.3, -0.25) is 0 Å². The Hall–Kier alpha value is -1.40. The molecule has 1 heterocycles. The van der Waals surface area contributed by atoms with E-state index in [0.717, 1.165) is 44.5 Å². The van der Waals surface area contributed by atoms with Crippen LogP contribution in [0.15, 0.2) is 54.6 Å². The molecule has 0 aliphatic carbocycles. The van der Waals surface area contributed by atoms with Gasteiger partial charge in [0.1, 0.15) is 0 Å². The SMILES string of the molecule is O=S(=O)(Cc1ccc(Cl)cc1)NCC1CCN(CCc2ccccc2)CC1. The van der Waals surface area contributed by atoms with Crippen LogP contribution in [0.3, 0.4) is 0 Å². The van der Waals surface area contributed by atoms with Crippen molar-refractivity contribution in [2.45, 2.75) is 25.0 Å². The molecule has 4 nitrogen and oxygen atoms in total. The predicted molar refractivity (Wildman–Crippen MR) is 111 cm³/mol. The van der Waals surface area contributed by atoms with Crippen molar-refractivity contribution in [3.8, 4) is 0 Å². The number of nitrogens with zero attached hydrogens (tertiary/aromatic N) is 1. The van der Waals surface area contributed by atoms with Crippen molar-refractivity contribution < 1.29 is 8.42 Å². The predicted octanol–water partition coefficient (Wildman–Crippen LogP) is 3.71. The molecule has 1 aliphatic heterocycles. The first-order valence-corrected chi connectivity index (χ1v) is 11.5. The fraction of sp³-hybridized carbons (Fsp3) is 0.429. The lowest BCUT2D eigenvalue weighted by atomic mass is 9.97. The third-order valence-electron chi connectivity index (χ3n) is 5.13. The van der Waals surface area contributed by atoms with E-state index in [1.165, 1.54) is 5.56 Å². The molecule has 0 spiro atoms. The highest BCUT2D eigenvalue weighted by Gasteiger charge is 2.21. The molecule has 0 bridgehead atoms. The van der Waals surface area contributed by atoms with Crippen LogP contribution in [0.2, 0.25) is 5.02 Å². The first-order valence-electron chi connectivity index (χ1n) is 9.48. The zero-order valence-corrected chi connectivity index (χ0v) is 17.1. The van der Waals surface area contributed by atoms with Crippen LogP contribution in [-0.2, 0) is 22.2 Å². The first kappa shape index (κ1) is 20.3. The molecule has 146 valence electrons. The Kier molecular flexibility index (Phi) is 7.30. The van der Waals surface area contributed by atoms with Crippen LogP contribution in [0.4, 0.5) is 0 Å². The molecule has 1 N–H and O–H groups in total. The zero-order chi connectivity index (χ0) is 19.1. The lowest BCUT2D eigenvalue weighted by Crippen LogP contribution is -2.39. The average Bonchev–Trinajstić information content (AvgIpc) is 2.68. The van der Waals surface area contributed by atoms with Crippen molar-refractivity contribution in [2.75, 3.05) is 26.2 Å². The van der Waals surface area contributed by atoms with Gasteiger partial charge in [0.2, 0.25) is 10.0 Å². The molecule has 1 aliphatic rings. The van der Waals surface area contributed by atoms with E-state index >= 15 is 0 Å². The summed E-state index contributed by atoms with van der Waals surface area (Å²) in [5, 5.41) is 0.614. The summed E-state index contributed by atoms with van der Waals surface area (Å²) in [5.41, 5.74) is 2.12. The van der Waals surface area contributed by atoms with E-state index in [0.29, 0.717) is 17.5 Å². The lowest BCUT2D eigenvalue weighted by molar-refractivity contribution is 0.187. The molecule has 2 aromatic carbocycles. The molecule has 0 amide bonds. The number of halogens is 1. The molecular formula is C21H27ClN2O2S. The zero-order valence-electron chi connectivity index (χ0n) is 15.5. The van der Waals surface area contributed by atoms with E-state index in [-0.39, 0.29) is 5.75 Å². The Morgan fingerprint density at radius 3 is 2.30 bits per heavy atom. The van der Waals surface area contributed by atoms with Crippen LogP contribution in [0.25, 0.3) is 0 Å². The summed E-state index contributed by atoms with van der Waals surface area (Å²) < 4.78 is 27.4. The van der Waals surface area contributed by atoms with E-state index < -0.39 is 10.0 Å². The molecule has 1 fully saturated rings. The average molecular weight is 407 g/mol. The summed E-state index contributed by atoms with van der Waals surface area (Å²) in [6, 6.07) is 17.5. The van der Waals surface area contributed by atoms with E-state index in [2.05, 4.69) is 33.9 Å². The fourth-order valence-corrected chi connectivity index (χ4v) is 4.79. The van der Waals surface area contributed by atoms with E-state index in [1.54, 1.807) is 24.3 Å². The van der Waals surface area contributed by atoms with E-state index in [4.69, 9.17) is 11.6 Å². The first-order chi connectivity index (χ1) is 13.0. The van der Waals surface area contributed by atoms with Gasteiger partial charge in [-0.05, 0) is 61.5 Å². The summed E-state index contributed by atoms with van der Waals surface area (Å²) in [4.78, 5) is 2.48. The second kappa shape index (κ2) is 9.69. The van der Waals surface area contributed by atoms with Crippen molar-refractivity contribution in [1.29, 1.82) is 0 Å². The smallest absolute Gasteiger partial charge is 0.215 e. The number of likely N-dealkylation sites (tertiary alicyclic amines) is 1. The van der Waals surface area contributed by atoms with Gasteiger partial charge in [0.05, 0.1) is 5.75 Å². The largest absolute Gasteiger partial charge is 0.303 e. The summed E-state index contributed by atoms with van der Waals surface area (Å²) >= 11 is 5.85. The highest BCUT2D eigenvalue weighted by Crippen LogP contribution is 2.18. The molecule has 0 aromatic heterocycles. The highest BCUT2D eigenvalue weighted by atomic mass is 35.5. The minimum atomic E-state index is -3.31. The molecular weight excluding hydrogens is 380 g/mol. The molecule has 0 unspecified atom stereocenters. The number of nitrogens with one attached hydrogen (secondary N) is 1. The molecule has 3 rings (SSSR count). The van der Waals surface area contributed by atoms with Crippen molar-refractivity contribution in [2.24, 2.45) is 5.92 Å². The maximum absolute atomic E-state index is 12.3. The van der Waals surface area contributed by atoms with Crippen molar-refractivity contribution in [1.82, 2.24) is 9.62 Å². The molecule has 2 aromatic rings. The van der Waals surface area contributed by atoms with Crippen LogP contribution in [0, 0.1) is 5.92 Å². The van der Waals surface area contributed by atoms with Gasteiger partial charge in [-0.1, -0.05) is 54.1 Å². The van der Waals surface area contributed by atoms with Gasteiger partial charge >= 0.3 is 0 Å². The minimum Gasteiger partial charge on any atom is -0.303 e. The van der Waals surface area contributed by atoms with Crippen LogP contribution in [-0.4, -0.2) is 39.5 Å². The van der Waals surface area contributed by atoms with Crippen molar-refractivity contribution in [3.63, 3.8) is 0 Å². The molecule has 27 heavy (non-hydrogen) atoms. The third kappa shape index (κ3) is 6.92. The maximum Gasteiger partial charge on any atom is 0.215 e. The third-order valence-corrected chi connectivity index (χ3v) is 6.70. The molecule has 0 atom stereocenters. The van der Waals surface area contributed by atoms with Gasteiger partial charge in [-0.15, -0.1) is 0 Å². The van der Waals surface area contributed by atoms with Crippen LogP contribution in [0.1, 0.15) is 24.0 Å². The standard InChI is InChI=1S/C21H27ClN2O2S/c22-21-8-6-20(7-9-21)17-27(25,26)23-16-19-11-14-24(15-12-19)13-10-18-4-2-1-3-5-18/h1-9,19,23H,10-17H2. The number of benzene rings is 2. The fourth-order valence-electron chi connectivity index (χ4n) is 3.44. The number of rotatable bonds is 8.